The van der Waals surface area contributed by atoms with Gasteiger partial charge in [-0.25, -0.2) is 8.42 Å². The van der Waals surface area contributed by atoms with Gasteiger partial charge in [-0.15, -0.1) is 0 Å². The zero-order valence-corrected chi connectivity index (χ0v) is 11.0. The molecular weight excluding hydrogens is 242 g/mol. The number of hydrogen-bond donors (Lipinski definition) is 1. The summed E-state index contributed by atoms with van der Waals surface area (Å²) < 4.78 is 34.2. The molecule has 17 heavy (non-hydrogen) atoms. The Morgan fingerprint density at radius 3 is 2.35 bits per heavy atom. The van der Waals surface area contributed by atoms with Gasteiger partial charge in [0.05, 0.1) is 20.0 Å². The second-order valence-corrected chi connectivity index (χ2v) is 5.61. The molecule has 6 heteroatoms. The SMILES string of the molecule is COc1ccc(S(=O)(=O)CCN)c(OC)c1C. The second-order valence-electron chi connectivity index (χ2n) is 3.53. The molecule has 0 amide bonds. The summed E-state index contributed by atoms with van der Waals surface area (Å²) in [6.07, 6.45) is 0. The molecule has 0 bridgehead atoms. The molecule has 0 saturated carbocycles. The molecule has 1 aromatic rings. The number of sulfone groups is 1. The Hall–Kier alpha value is -1.27. The fourth-order valence-corrected chi connectivity index (χ4v) is 2.96. The summed E-state index contributed by atoms with van der Waals surface area (Å²) in [6.45, 7) is 1.83. The van der Waals surface area contributed by atoms with Crippen LogP contribution in [0.5, 0.6) is 11.5 Å². The number of ether oxygens (including phenoxy) is 2. The lowest BCUT2D eigenvalue weighted by molar-refractivity contribution is 0.380. The Bertz CT molecular complexity index is 496. The zero-order valence-electron chi connectivity index (χ0n) is 10.2. The molecule has 0 spiro atoms. The lowest BCUT2D eigenvalue weighted by Crippen LogP contribution is -2.16. The fourth-order valence-electron chi connectivity index (χ4n) is 1.63. The van der Waals surface area contributed by atoms with Crippen molar-refractivity contribution in [3.05, 3.63) is 17.7 Å². The third kappa shape index (κ3) is 2.70. The van der Waals surface area contributed by atoms with Crippen molar-refractivity contribution in [2.24, 2.45) is 5.73 Å². The average Bonchev–Trinajstić information content (AvgIpc) is 2.28. The highest BCUT2D eigenvalue weighted by atomic mass is 32.2. The van der Waals surface area contributed by atoms with Crippen LogP contribution >= 0.6 is 0 Å². The second kappa shape index (κ2) is 5.37. The third-order valence-corrected chi connectivity index (χ3v) is 4.23. The summed E-state index contributed by atoms with van der Waals surface area (Å²) in [5.74, 6) is 0.807. The predicted molar refractivity (Wildman–Crippen MR) is 65.4 cm³/mol. The van der Waals surface area contributed by atoms with Crippen LogP contribution in [-0.2, 0) is 9.84 Å². The molecule has 96 valence electrons. The molecule has 0 aliphatic rings. The summed E-state index contributed by atoms with van der Waals surface area (Å²) in [6, 6.07) is 3.09. The Kier molecular flexibility index (Phi) is 4.36. The summed E-state index contributed by atoms with van der Waals surface area (Å²) in [7, 11) is -0.449. The van der Waals surface area contributed by atoms with Crippen molar-refractivity contribution >= 4 is 9.84 Å². The van der Waals surface area contributed by atoms with Gasteiger partial charge in [0.25, 0.3) is 0 Å². The van der Waals surface area contributed by atoms with Gasteiger partial charge in [0.1, 0.15) is 16.4 Å². The normalized spacial score (nSPS) is 11.3. The van der Waals surface area contributed by atoms with Crippen LogP contribution in [0, 0.1) is 6.92 Å². The summed E-state index contributed by atoms with van der Waals surface area (Å²) in [4.78, 5) is 0.156. The minimum absolute atomic E-state index is 0.0799. The minimum atomic E-state index is -3.41. The average molecular weight is 259 g/mol. The highest BCUT2D eigenvalue weighted by Crippen LogP contribution is 2.34. The molecule has 0 radical (unpaired) electrons. The topological polar surface area (TPSA) is 78.6 Å². The van der Waals surface area contributed by atoms with Gasteiger partial charge in [-0.3, -0.25) is 0 Å². The standard InChI is InChI=1S/C11H17NO4S/c1-8-9(15-2)4-5-10(11(8)16-3)17(13,14)7-6-12/h4-5H,6-7,12H2,1-3H3. The summed E-state index contributed by atoms with van der Waals surface area (Å²) in [5.41, 5.74) is 5.95. The molecule has 0 aliphatic heterocycles. The molecule has 0 unspecified atom stereocenters. The van der Waals surface area contributed by atoms with E-state index in [1.807, 2.05) is 0 Å². The number of rotatable bonds is 5. The first-order valence-corrected chi connectivity index (χ1v) is 6.77. The first kappa shape index (κ1) is 13.8. The monoisotopic (exact) mass is 259 g/mol. The lowest BCUT2D eigenvalue weighted by Gasteiger charge is -2.14. The Balaban J connectivity index is 3.41. The molecule has 0 aliphatic carbocycles. The molecule has 0 heterocycles. The van der Waals surface area contributed by atoms with Crippen molar-refractivity contribution < 1.29 is 17.9 Å². The number of hydrogen-bond acceptors (Lipinski definition) is 5. The van der Waals surface area contributed by atoms with E-state index in [0.29, 0.717) is 17.1 Å². The molecule has 5 nitrogen and oxygen atoms in total. The van der Waals surface area contributed by atoms with E-state index in [1.165, 1.54) is 20.3 Å². The quantitative estimate of drug-likeness (QED) is 0.844. The number of methoxy groups -OCH3 is 2. The van der Waals surface area contributed by atoms with E-state index in [-0.39, 0.29) is 17.2 Å². The molecule has 1 rings (SSSR count). The van der Waals surface area contributed by atoms with Gasteiger partial charge in [0.15, 0.2) is 9.84 Å². The highest BCUT2D eigenvalue weighted by Gasteiger charge is 2.21. The largest absolute Gasteiger partial charge is 0.496 e. The van der Waals surface area contributed by atoms with E-state index in [4.69, 9.17) is 15.2 Å². The van der Waals surface area contributed by atoms with Crippen LogP contribution in [0.15, 0.2) is 17.0 Å². The Morgan fingerprint density at radius 1 is 1.24 bits per heavy atom. The third-order valence-electron chi connectivity index (χ3n) is 2.47. The van der Waals surface area contributed by atoms with E-state index in [1.54, 1.807) is 13.0 Å². The summed E-state index contributed by atoms with van der Waals surface area (Å²) >= 11 is 0. The van der Waals surface area contributed by atoms with Gasteiger partial charge < -0.3 is 15.2 Å². The number of benzene rings is 1. The van der Waals surface area contributed by atoms with E-state index < -0.39 is 9.84 Å². The van der Waals surface area contributed by atoms with E-state index in [0.717, 1.165) is 0 Å². The first-order chi connectivity index (χ1) is 7.97. The van der Waals surface area contributed by atoms with Gasteiger partial charge >= 0.3 is 0 Å². The van der Waals surface area contributed by atoms with Crippen molar-refractivity contribution in [2.75, 3.05) is 26.5 Å². The van der Waals surface area contributed by atoms with Crippen LogP contribution in [0.4, 0.5) is 0 Å². The number of nitrogens with two attached hydrogens (primary N) is 1. The molecule has 0 saturated heterocycles. The maximum absolute atomic E-state index is 12.0. The van der Waals surface area contributed by atoms with E-state index in [2.05, 4.69) is 0 Å². The van der Waals surface area contributed by atoms with Crippen LogP contribution in [0.25, 0.3) is 0 Å². The van der Waals surface area contributed by atoms with Crippen molar-refractivity contribution in [2.45, 2.75) is 11.8 Å². The van der Waals surface area contributed by atoms with E-state index >= 15 is 0 Å². The Labute approximate surface area is 101 Å². The van der Waals surface area contributed by atoms with Gasteiger partial charge in [-0.1, -0.05) is 0 Å². The maximum Gasteiger partial charge on any atom is 0.183 e. The molecule has 0 aromatic heterocycles. The molecule has 0 atom stereocenters. The zero-order chi connectivity index (χ0) is 13.1. The van der Waals surface area contributed by atoms with Gasteiger partial charge in [0, 0.05) is 12.1 Å². The molecule has 2 N–H and O–H groups in total. The van der Waals surface area contributed by atoms with Crippen molar-refractivity contribution in [3.8, 4) is 11.5 Å². The first-order valence-electron chi connectivity index (χ1n) is 5.12. The van der Waals surface area contributed by atoms with Crippen LogP contribution < -0.4 is 15.2 Å². The minimum Gasteiger partial charge on any atom is -0.496 e. The van der Waals surface area contributed by atoms with Crippen molar-refractivity contribution in [1.29, 1.82) is 0 Å². The van der Waals surface area contributed by atoms with Gasteiger partial charge in [-0.2, -0.15) is 0 Å². The van der Waals surface area contributed by atoms with Crippen LogP contribution in [-0.4, -0.2) is 34.9 Å². The smallest absolute Gasteiger partial charge is 0.183 e. The van der Waals surface area contributed by atoms with Gasteiger partial charge in [-0.05, 0) is 19.1 Å². The fraction of sp³-hybridized carbons (Fsp3) is 0.455. The van der Waals surface area contributed by atoms with E-state index in [9.17, 15) is 8.42 Å². The summed E-state index contributed by atoms with van der Waals surface area (Å²) in [5, 5.41) is 0. The molecule has 0 fully saturated rings. The maximum atomic E-state index is 12.0. The van der Waals surface area contributed by atoms with Crippen LogP contribution in [0.3, 0.4) is 0 Å². The highest BCUT2D eigenvalue weighted by molar-refractivity contribution is 7.91. The van der Waals surface area contributed by atoms with Crippen molar-refractivity contribution in [1.82, 2.24) is 0 Å². The lowest BCUT2D eigenvalue weighted by atomic mass is 10.2. The van der Waals surface area contributed by atoms with Crippen LogP contribution in [0.1, 0.15) is 5.56 Å². The molecular formula is C11H17NO4S. The molecule has 1 aromatic carbocycles. The Morgan fingerprint density at radius 2 is 1.88 bits per heavy atom. The van der Waals surface area contributed by atoms with Crippen molar-refractivity contribution in [3.63, 3.8) is 0 Å². The predicted octanol–water partition coefficient (Wildman–Crippen LogP) is 0.745. The van der Waals surface area contributed by atoms with Gasteiger partial charge in [0.2, 0.25) is 0 Å². The van der Waals surface area contributed by atoms with Crippen LogP contribution in [0.2, 0.25) is 0 Å².